The summed E-state index contributed by atoms with van der Waals surface area (Å²) in [6.07, 6.45) is 0. The molecule has 2 rings (SSSR count). The van der Waals surface area contributed by atoms with Gasteiger partial charge in [0, 0.05) is 18.1 Å². The first kappa shape index (κ1) is 13.7. The lowest BCUT2D eigenvalue weighted by molar-refractivity contribution is 0.481. The number of halogens is 1. The highest BCUT2D eigenvalue weighted by molar-refractivity contribution is 6.29. The Balaban J connectivity index is 1.97. The fourth-order valence-corrected chi connectivity index (χ4v) is 1.78. The first-order valence-electron chi connectivity index (χ1n) is 6.10. The van der Waals surface area contributed by atoms with Crippen LogP contribution in [0.1, 0.15) is 5.56 Å². The number of rotatable bonds is 6. The SMILES string of the molecule is C=C(Cl)CNCc1cccc(Oc2ccccc2)c1. The highest BCUT2D eigenvalue weighted by Gasteiger charge is 1.99. The van der Waals surface area contributed by atoms with E-state index in [4.69, 9.17) is 16.3 Å². The fraction of sp³-hybridized carbons (Fsp3) is 0.125. The molecule has 0 fully saturated rings. The molecule has 0 heterocycles. The average Bonchev–Trinajstić information content (AvgIpc) is 2.40. The van der Waals surface area contributed by atoms with Crippen molar-refractivity contribution in [2.45, 2.75) is 6.54 Å². The molecule has 0 saturated carbocycles. The molecule has 3 heteroatoms. The Hall–Kier alpha value is -1.77. The van der Waals surface area contributed by atoms with E-state index in [0.717, 1.165) is 23.6 Å². The smallest absolute Gasteiger partial charge is 0.127 e. The van der Waals surface area contributed by atoms with Crippen LogP contribution in [-0.4, -0.2) is 6.54 Å². The molecule has 0 saturated heterocycles. The van der Waals surface area contributed by atoms with E-state index in [2.05, 4.69) is 11.9 Å². The number of hydrogen-bond donors (Lipinski definition) is 1. The third-order valence-corrected chi connectivity index (χ3v) is 2.66. The Morgan fingerprint density at radius 2 is 1.79 bits per heavy atom. The van der Waals surface area contributed by atoms with Crippen LogP contribution in [0.15, 0.2) is 66.2 Å². The quantitative estimate of drug-likeness (QED) is 0.846. The van der Waals surface area contributed by atoms with E-state index < -0.39 is 0 Å². The van der Waals surface area contributed by atoms with Crippen molar-refractivity contribution in [1.29, 1.82) is 0 Å². The maximum absolute atomic E-state index is 5.78. The summed E-state index contributed by atoms with van der Waals surface area (Å²) in [4.78, 5) is 0. The van der Waals surface area contributed by atoms with E-state index in [9.17, 15) is 0 Å². The lowest BCUT2D eigenvalue weighted by Gasteiger charge is -2.08. The summed E-state index contributed by atoms with van der Waals surface area (Å²) in [7, 11) is 0. The van der Waals surface area contributed by atoms with Crippen LogP contribution in [0.2, 0.25) is 0 Å². The predicted molar refractivity (Wildman–Crippen MR) is 79.7 cm³/mol. The molecule has 1 N–H and O–H groups in total. The van der Waals surface area contributed by atoms with Crippen molar-refractivity contribution < 1.29 is 4.74 Å². The standard InChI is InChI=1S/C16H16ClNO/c1-13(17)11-18-12-14-6-5-9-16(10-14)19-15-7-3-2-4-8-15/h2-10,18H,1,11-12H2. The van der Waals surface area contributed by atoms with E-state index in [1.165, 1.54) is 0 Å². The van der Waals surface area contributed by atoms with Crippen molar-refractivity contribution in [3.63, 3.8) is 0 Å². The summed E-state index contributed by atoms with van der Waals surface area (Å²) in [5, 5.41) is 3.81. The highest BCUT2D eigenvalue weighted by atomic mass is 35.5. The van der Waals surface area contributed by atoms with E-state index in [-0.39, 0.29) is 0 Å². The van der Waals surface area contributed by atoms with E-state index >= 15 is 0 Å². The third kappa shape index (κ3) is 4.78. The second-order valence-electron chi connectivity index (χ2n) is 4.18. The molecule has 0 radical (unpaired) electrons. The lowest BCUT2D eigenvalue weighted by atomic mass is 10.2. The molecule has 0 aliphatic rings. The minimum Gasteiger partial charge on any atom is -0.457 e. The van der Waals surface area contributed by atoms with Crippen molar-refractivity contribution in [1.82, 2.24) is 5.32 Å². The maximum atomic E-state index is 5.78. The van der Waals surface area contributed by atoms with Crippen molar-refractivity contribution in [2.24, 2.45) is 0 Å². The summed E-state index contributed by atoms with van der Waals surface area (Å²) >= 11 is 5.70. The number of nitrogens with one attached hydrogen (secondary N) is 1. The van der Waals surface area contributed by atoms with Crippen LogP contribution in [0.3, 0.4) is 0 Å². The van der Waals surface area contributed by atoms with Gasteiger partial charge in [0.2, 0.25) is 0 Å². The second-order valence-corrected chi connectivity index (χ2v) is 4.72. The van der Waals surface area contributed by atoms with Gasteiger partial charge in [0.1, 0.15) is 11.5 Å². The Labute approximate surface area is 118 Å². The molecule has 0 amide bonds. The first-order chi connectivity index (χ1) is 9.24. The zero-order chi connectivity index (χ0) is 13.5. The molecule has 98 valence electrons. The van der Waals surface area contributed by atoms with Crippen LogP contribution < -0.4 is 10.1 Å². The average molecular weight is 274 g/mol. The molecule has 2 aromatic carbocycles. The van der Waals surface area contributed by atoms with Crippen LogP contribution in [0, 0.1) is 0 Å². The van der Waals surface area contributed by atoms with Gasteiger partial charge >= 0.3 is 0 Å². The second kappa shape index (κ2) is 6.98. The van der Waals surface area contributed by atoms with E-state index in [0.29, 0.717) is 11.6 Å². The summed E-state index contributed by atoms with van der Waals surface area (Å²) in [5.41, 5.74) is 1.14. The molecular weight excluding hydrogens is 258 g/mol. The van der Waals surface area contributed by atoms with Gasteiger partial charge < -0.3 is 10.1 Å². The molecule has 2 aromatic rings. The van der Waals surface area contributed by atoms with Gasteiger partial charge in [-0.2, -0.15) is 0 Å². The van der Waals surface area contributed by atoms with Crippen molar-refractivity contribution in [3.05, 3.63) is 71.8 Å². The summed E-state index contributed by atoms with van der Waals surface area (Å²) in [6, 6.07) is 17.7. The van der Waals surface area contributed by atoms with Crippen LogP contribution in [0.4, 0.5) is 0 Å². The minimum atomic E-state index is 0.603. The van der Waals surface area contributed by atoms with Crippen LogP contribution >= 0.6 is 11.6 Å². The van der Waals surface area contributed by atoms with E-state index in [1.807, 2.05) is 54.6 Å². The van der Waals surface area contributed by atoms with Gasteiger partial charge in [0.05, 0.1) is 0 Å². The molecule has 0 aliphatic heterocycles. The molecule has 0 atom stereocenters. The lowest BCUT2D eigenvalue weighted by Crippen LogP contribution is -2.14. The van der Waals surface area contributed by atoms with Gasteiger partial charge in [-0.15, -0.1) is 0 Å². The Morgan fingerprint density at radius 3 is 2.53 bits per heavy atom. The monoisotopic (exact) mass is 273 g/mol. The van der Waals surface area contributed by atoms with Crippen molar-refractivity contribution in [2.75, 3.05) is 6.54 Å². The molecule has 19 heavy (non-hydrogen) atoms. The number of benzene rings is 2. The topological polar surface area (TPSA) is 21.3 Å². The normalized spacial score (nSPS) is 10.2. The summed E-state index contributed by atoms with van der Waals surface area (Å²) < 4.78 is 5.78. The van der Waals surface area contributed by atoms with Crippen LogP contribution in [0.5, 0.6) is 11.5 Å². The summed E-state index contributed by atoms with van der Waals surface area (Å²) in [5.74, 6) is 1.66. The van der Waals surface area contributed by atoms with Gasteiger partial charge in [-0.05, 0) is 29.8 Å². The Kier molecular flexibility index (Phi) is 5.01. The molecule has 0 unspecified atom stereocenters. The van der Waals surface area contributed by atoms with Crippen LogP contribution in [-0.2, 0) is 6.54 Å². The summed E-state index contributed by atoms with van der Waals surface area (Å²) in [6.45, 7) is 4.97. The van der Waals surface area contributed by atoms with E-state index in [1.54, 1.807) is 0 Å². The highest BCUT2D eigenvalue weighted by Crippen LogP contribution is 2.21. The fourth-order valence-electron chi connectivity index (χ4n) is 1.69. The predicted octanol–water partition coefficient (Wildman–Crippen LogP) is 4.32. The minimum absolute atomic E-state index is 0.603. The van der Waals surface area contributed by atoms with Gasteiger partial charge in [-0.1, -0.05) is 48.5 Å². The number of hydrogen-bond acceptors (Lipinski definition) is 2. The molecule has 0 bridgehead atoms. The van der Waals surface area contributed by atoms with Gasteiger partial charge in [-0.3, -0.25) is 0 Å². The van der Waals surface area contributed by atoms with Gasteiger partial charge in [-0.25, -0.2) is 0 Å². The first-order valence-corrected chi connectivity index (χ1v) is 6.48. The zero-order valence-corrected chi connectivity index (χ0v) is 11.4. The number of para-hydroxylation sites is 1. The zero-order valence-electron chi connectivity index (χ0n) is 10.6. The Bertz CT molecular complexity index is 539. The van der Waals surface area contributed by atoms with Crippen molar-refractivity contribution in [3.8, 4) is 11.5 Å². The molecule has 0 aliphatic carbocycles. The van der Waals surface area contributed by atoms with Crippen molar-refractivity contribution >= 4 is 11.6 Å². The molecule has 0 aromatic heterocycles. The molecular formula is C16H16ClNO. The van der Waals surface area contributed by atoms with Crippen LogP contribution in [0.25, 0.3) is 0 Å². The Morgan fingerprint density at radius 1 is 1.05 bits per heavy atom. The maximum Gasteiger partial charge on any atom is 0.127 e. The molecule has 0 spiro atoms. The van der Waals surface area contributed by atoms with Gasteiger partial charge in [0.25, 0.3) is 0 Å². The molecule has 2 nitrogen and oxygen atoms in total. The number of ether oxygens (including phenoxy) is 1. The van der Waals surface area contributed by atoms with Gasteiger partial charge in [0.15, 0.2) is 0 Å². The largest absolute Gasteiger partial charge is 0.457 e. The third-order valence-electron chi connectivity index (χ3n) is 2.52.